The van der Waals surface area contributed by atoms with Crippen LogP contribution >= 0.6 is 0 Å². The molecule has 0 saturated carbocycles. The number of hydrogen-bond acceptors (Lipinski definition) is 4. The predicted molar refractivity (Wildman–Crippen MR) is 68.8 cm³/mol. The lowest BCUT2D eigenvalue weighted by atomic mass is 9.96. The van der Waals surface area contributed by atoms with Crippen LogP contribution in [0.4, 0.5) is 5.82 Å². The average Bonchev–Trinajstić information content (AvgIpc) is 2.34. The Morgan fingerprint density at radius 2 is 2.41 bits per heavy atom. The monoisotopic (exact) mass is 235 g/mol. The molecular weight excluding hydrogens is 214 g/mol. The van der Waals surface area contributed by atoms with E-state index < -0.39 is 0 Å². The quantitative estimate of drug-likeness (QED) is 0.829. The van der Waals surface area contributed by atoms with Gasteiger partial charge < -0.3 is 10.4 Å². The number of β-amino-alcohol motifs (C(OH)–C–C–N with tert-alkyl or cyclic N) is 1. The van der Waals surface area contributed by atoms with E-state index in [2.05, 4.69) is 28.2 Å². The number of aliphatic hydroxyl groups excluding tert-OH is 1. The van der Waals surface area contributed by atoms with Crippen molar-refractivity contribution in [3.05, 3.63) is 23.9 Å². The first-order valence-electron chi connectivity index (χ1n) is 6.22. The molecule has 2 heterocycles. The minimum absolute atomic E-state index is 0.196. The summed E-state index contributed by atoms with van der Waals surface area (Å²) in [5.74, 6) is 1.35. The van der Waals surface area contributed by atoms with Gasteiger partial charge in [0.1, 0.15) is 5.82 Å². The first kappa shape index (κ1) is 12.3. The largest absolute Gasteiger partial charge is 0.392 e. The summed E-state index contributed by atoms with van der Waals surface area (Å²) >= 11 is 0. The van der Waals surface area contributed by atoms with Gasteiger partial charge in [-0.25, -0.2) is 4.98 Å². The van der Waals surface area contributed by atoms with Gasteiger partial charge in [-0.2, -0.15) is 0 Å². The van der Waals surface area contributed by atoms with Crippen LogP contribution in [0.5, 0.6) is 0 Å². The van der Waals surface area contributed by atoms with E-state index in [4.69, 9.17) is 0 Å². The molecular formula is C13H21N3O. The van der Waals surface area contributed by atoms with Crippen LogP contribution in [0, 0.1) is 5.92 Å². The summed E-state index contributed by atoms with van der Waals surface area (Å²) in [7, 11) is 1.89. The highest BCUT2D eigenvalue weighted by Crippen LogP contribution is 2.20. The second kappa shape index (κ2) is 5.47. The molecule has 4 heteroatoms. The van der Waals surface area contributed by atoms with Crippen molar-refractivity contribution in [3.8, 4) is 0 Å². The Morgan fingerprint density at radius 3 is 3.12 bits per heavy atom. The maximum absolute atomic E-state index is 9.88. The Kier molecular flexibility index (Phi) is 3.97. The third kappa shape index (κ3) is 2.96. The van der Waals surface area contributed by atoms with Crippen molar-refractivity contribution < 1.29 is 5.11 Å². The highest BCUT2D eigenvalue weighted by Gasteiger charge is 2.24. The molecule has 2 N–H and O–H groups in total. The van der Waals surface area contributed by atoms with Crippen molar-refractivity contribution in [1.82, 2.24) is 9.88 Å². The second-order valence-corrected chi connectivity index (χ2v) is 4.83. The number of piperidine rings is 1. The molecule has 0 aromatic carbocycles. The standard InChI is InChI=1S/C13H21N3O/c1-10-5-7-16(9-12(10)17)8-11-4-3-6-15-13(11)14-2/h3-4,6,10,12,17H,5,7-9H2,1-2H3,(H,14,15). The fourth-order valence-electron chi connectivity index (χ4n) is 2.29. The number of aromatic nitrogens is 1. The van der Waals surface area contributed by atoms with Crippen molar-refractivity contribution in [2.24, 2.45) is 5.92 Å². The summed E-state index contributed by atoms with van der Waals surface area (Å²) in [5, 5.41) is 13.0. The lowest BCUT2D eigenvalue weighted by Crippen LogP contribution is -2.42. The third-order valence-electron chi connectivity index (χ3n) is 3.52. The fraction of sp³-hybridized carbons (Fsp3) is 0.615. The summed E-state index contributed by atoms with van der Waals surface area (Å²) < 4.78 is 0. The fourth-order valence-corrected chi connectivity index (χ4v) is 2.29. The van der Waals surface area contributed by atoms with Gasteiger partial charge >= 0.3 is 0 Å². The Hall–Kier alpha value is -1.13. The average molecular weight is 235 g/mol. The van der Waals surface area contributed by atoms with E-state index in [1.54, 1.807) is 6.20 Å². The van der Waals surface area contributed by atoms with E-state index >= 15 is 0 Å². The summed E-state index contributed by atoms with van der Waals surface area (Å²) in [5.41, 5.74) is 1.19. The van der Waals surface area contributed by atoms with Gasteiger partial charge in [0.2, 0.25) is 0 Å². The molecule has 4 nitrogen and oxygen atoms in total. The van der Waals surface area contributed by atoms with Crippen LogP contribution in [-0.4, -0.2) is 41.2 Å². The van der Waals surface area contributed by atoms with Crippen LogP contribution in [0.3, 0.4) is 0 Å². The van der Waals surface area contributed by atoms with E-state index in [-0.39, 0.29) is 6.10 Å². The van der Waals surface area contributed by atoms with Crippen LogP contribution in [0.2, 0.25) is 0 Å². The molecule has 1 aliphatic heterocycles. The minimum atomic E-state index is -0.196. The first-order chi connectivity index (χ1) is 8.20. The molecule has 2 atom stereocenters. The molecule has 0 radical (unpaired) electrons. The molecule has 17 heavy (non-hydrogen) atoms. The number of rotatable bonds is 3. The van der Waals surface area contributed by atoms with Crippen molar-refractivity contribution in [2.75, 3.05) is 25.5 Å². The highest BCUT2D eigenvalue weighted by atomic mass is 16.3. The van der Waals surface area contributed by atoms with Gasteiger partial charge in [-0.1, -0.05) is 13.0 Å². The molecule has 0 aliphatic carbocycles. The maximum Gasteiger partial charge on any atom is 0.130 e. The van der Waals surface area contributed by atoms with Crippen LogP contribution in [0.15, 0.2) is 18.3 Å². The number of anilines is 1. The molecule has 2 rings (SSSR count). The SMILES string of the molecule is CNc1ncccc1CN1CCC(C)C(O)C1. The molecule has 1 saturated heterocycles. The Labute approximate surface area is 103 Å². The van der Waals surface area contributed by atoms with Crippen LogP contribution in [0.25, 0.3) is 0 Å². The van der Waals surface area contributed by atoms with Crippen molar-refractivity contribution in [1.29, 1.82) is 0 Å². The molecule has 0 amide bonds. The molecule has 1 aromatic rings. The third-order valence-corrected chi connectivity index (χ3v) is 3.52. The maximum atomic E-state index is 9.88. The van der Waals surface area contributed by atoms with Crippen LogP contribution < -0.4 is 5.32 Å². The van der Waals surface area contributed by atoms with E-state index in [1.807, 2.05) is 13.1 Å². The number of hydrogen-bond donors (Lipinski definition) is 2. The molecule has 2 unspecified atom stereocenters. The van der Waals surface area contributed by atoms with E-state index in [0.29, 0.717) is 5.92 Å². The summed E-state index contributed by atoms with van der Waals surface area (Å²) in [6.45, 7) is 4.79. The molecule has 94 valence electrons. The number of likely N-dealkylation sites (tertiary alicyclic amines) is 1. The Balaban J connectivity index is 2.01. The van der Waals surface area contributed by atoms with Gasteiger partial charge in [0.05, 0.1) is 6.10 Å². The van der Waals surface area contributed by atoms with E-state index in [1.165, 1.54) is 5.56 Å². The highest BCUT2D eigenvalue weighted by molar-refractivity contribution is 5.42. The lowest BCUT2D eigenvalue weighted by molar-refractivity contribution is 0.0259. The molecule has 1 fully saturated rings. The zero-order valence-corrected chi connectivity index (χ0v) is 10.6. The normalized spacial score (nSPS) is 25.8. The van der Waals surface area contributed by atoms with Gasteiger partial charge in [-0.15, -0.1) is 0 Å². The first-order valence-corrected chi connectivity index (χ1v) is 6.22. The number of aliphatic hydroxyl groups is 1. The van der Waals surface area contributed by atoms with Gasteiger partial charge in [-0.3, -0.25) is 4.90 Å². The predicted octanol–water partition coefficient (Wildman–Crippen LogP) is 1.33. The smallest absolute Gasteiger partial charge is 0.130 e. The number of nitrogens with zero attached hydrogens (tertiary/aromatic N) is 2. The topological polar surface area (TPSA) is 48.4 Å². The van der Waals surface area contributed by atoms with E-state index in [9.17, 15) is 5.11 Å². The number of nitrogens with one attached hydrogen (secondary N) is 1. The summed E-state index contributed by atoms with van der Waals surface area (Å²) in [6.07, 6.45) is 2.66. The second-order valence-electron chi connectivity index (χ2n) is 4.83. The number of pyridine rings is 1. The molecule has 1 aliphatic rings. The van der Waals surface area contributed by atoms with Gasteiger partial charge in [0.15, 0.2) is 0 Å². The zero-order chi connectivity index (χ0) is 12.3. The van der Waals surface area contributed by atoms with Crippen molar-refractivity contribution >= 4 is 5.82 Å². The Bertz CT molecular complexity index is 369. The summed E-state index contributed by atoms with van der Waals surface area (Å²) in [4.78, 5) is 6.59. The zero-order valence-electron chi connectivity index (χ0n) is 10.6. The van der Waals surface area contributed by atoms with Gasteiger partial charge in [-0.05, 0) is 24.9 Å². The van der Waals surface area contributed by atoms with Gasteiger partial charge in [0, 0.05) is 31.9 Å². The van der Waals surface area contributed by atoms with Crippen LogP contribution in [0.1, 0.15) is 18.9 Å². The van der Waals surface area contributed by atoms with E-state index in [0.717, 1.165) is 31.9 Å². The lowest BCUT2D eigenvalue weighted by Gasteiger charge is -2.34. The minimum Gasteiger partial charge on any atom is -0.392 e. The Morgan fingerprint density at radius 1 is 1.59 bits per heavy atom. The van der Waals surface area contributed by atoms with Crippen molar-refractivity contribution in [2.45, 2.75) is 26.0 Å². The molecule has 0 bridgehead atoms. The van der Waals surface area contributed by atoms with Crippen molar-refractivity contribution in [3.63, 3.8) is 0 Å². The van der Waals surface area contributed by atoms with Crippen LogP contribution in [-0.2, 0) is 6.54 Å². The van der Waals surface area contributed by atoms with Gasteiger partial charge in [0.25, 0.3) is 0 Å². The summed E-state index contributed by atoms with van der Waals surface area (Å²) in [6, 6.07) is 4.04. The molecule has 1 aromatic heterocycles. The molecule has 0 spiro atoms.